The Morgan fingerprint density at radius 2 is 1.74 bits per heavy atom. The molecule has 2 heteroatoms. The van der Waals surface area contributed by atoms with Crippen LogP contribution in [0, 0.1) is 11.3 Å². The van der Waals surface area contributed by atoms with Crippen molar-refractivity contribution in [3.63, 3.8) is 0 Å². The molecule has 2 fully saturated rings. The van der Waals surface area contributed by atoms with Crippen molar-refractivity contribution >= 4 is 0 Å². The van der Waals surface area contributed by atoms with Gasteiger partial charge in [-0.3, -0.25) is 0 Å². The molecule has 0 saturated heterocycles. The van der Waals surface area contributed by atoms with E-state index in [0.717, 1.165) is 5.92 Å². The molecule has 0 radical (unpaired) electrons. The molecule has 0 atom stereocenters. The van der Waals surface area contributed by atoms with Crippen LogP contribution in [0.2, 0.25) is 0 Å². The highest BCUT2D eigenvalue weighted by molar-refractivity contribution is 4.89. The van der Waals surface area contributed by atoms with E-state index in [-0.39, 0.29) is 0 Å². The molecule has 1 N–H and O–H groups in total. The Hall–Kier alpha value is -0.0800. The summed E-state index contributed by atoms with van der Waals surface area (Å²) in [6.07, 6.45) is 11.6. The van der Waals surface area contributed by atoms with Crippen LogP contribution in [-0.4, -0.2) is 37.6 Å². The lowest BCUT2D eigenvalue weighted by Crippen LogP contribution is -2.46. The van der Waals surface area contributed by atoms with Gasteiger partial charge in [0.15, 0.2) is 0 Å². The number of hydrogen-bond donors (Lipinski definition) is 1. The van der Waals surface area contributed by atoms with Gasteiger partial charge in [0, 0.05) is 25.7 Å². The van der Waals surface area contributed by atoms with E-state index in [1.165, 1.54) is 71.0 Å². The lowest BCUT2D eigenvalue weighted by molar-refractivity contribution is 0.101. The van der Waals surface area contributed by atoms with Gasteiger partial charge >= 0.3 is 0 Å². The Balaban J connectivity index is 1.98. The number of nitrogens with zero attached hydrogens (tertiary/aromatic N) is 1. The van der Waals surface area contributed by atoms with Gasteiger partial charge in [0.2, 0.25) is 0 Å². The highest BCUT2D eigenvalue weighted by Gasteiger charge is 2.35. The third-order valence-corrected chi connectivity index (χ3v) is 5.17. The minimum atomic E-state index is 0.546. The summed E-state index contributed by atoms with van der Waals surface area (Å²) in [5, 5.41) is 3.49. The summed E-state index contributed by atoms with van der Waals surface area (Å²) in [7, 11) is 2.13. The second-order valence-electron chi connectivity index (χ2n) is 7.41. The molecular weight excluding hydrogens is 232 g/mol. The maximum atomic E-state index is 3.49. The van der Waals surface area contributed by atoms with Crippen LogP contribution in [0.15, 0.2) is 0 Å². The van der Waals surface area contributed by atoms with E-state index >= 15 is 0 Å². The van der Waals surface area contributed by atoms with Crippen molar-refractivity contribution < 1.29 is 0 Å². The molecule has 0 spiro atoms. The van der Waals surface area contributed by atoms with Crippen LogP contribution in [0.3, 0.4) is 0 Å². The fourth-order valence-corrected chi connectivity index (χ4v) is 3.77. The molecular formula is C17H34N2. The second-order valence-corrected chi connectivity index (χ2v) is 7.41. The Morgan fingerprint density at radius 1 is 1.11 bits per heavy atom. The molecule has 2 saturated carbocycles. The van der Waals surface area contributed by atoms with Crippen LogP contribution in [0.25, 0.3) is 0 Å². The van der Waals surface area contributed by atoms with Crippen LogP contribution >= 0.6 is 0 Å². The zero-order valence-corrected chi connectivity index (χ0v) is 13.4. The van der Waals surface area contributed by atoms with Crippen LogP contribution in [0.4, 0.5) is 0 Å². The molecule has 0 aromatic heterocycles. The molecule has 0 bridgehead atoms. The van der Waals surface area contributed by atoms with Crippen molar-refractivity contribution in [2.75, 3.05) is 26.7 Å². The molecule has 112 valence electrons. The van der Waals surface area contributed by atoms with E-state index in [2.05, 4.69) is 31.1 Å². The van der Waals surface area contributed by atoms with E-state index in [4.69, 9.17) is 0 Å². The number of rotatable bonds is 7. The van der Waals surface area contributed by atoms with Gasteiger partial charge in [0.05, 0.1) is 0 Å². The van der Waals surface area contributed by atoms with Crippen molar-refractivity contribution in [2.45, 2.75) is 71.3 Å². The SMILES string of the molecule is CNCC1(CN(CC2CC2)C(C)C)CCCCCC1. The van der Waals surface area contributed by atoms with Crippen LogP contribution < -0.4 is 5.32 Å². The molecule has 2 aliphatic rings. The summed E-state index contributed by atoms with van der Waals surface area (Å²) in [4.78, 5) is 2.78. The molecule has 0 heterocycles. The Morgan fingerprint density at radius 3 is 2.21 bits per heavy atom. The van der Waals surface area contributed by atoms with E-state index in [0.29, 0.717) is 11.5 Å². The summed E-state index contributed by atoms with van der Waals surface area (Å²) < 4.78 is 0. The summed E-state index contributed by atoms with van der Waals surface area (Å²) in [5.74, 6) is 1.01. The van der Waals surface area contributed by atoms with Crippen LogP contribution in [0.5, 0.6) is 0 Å². The lowest BCUT2D eigenvalue weighted by atomic mass is 9.79. The summed E-state index contributed by atoms with van der Waals surface area (Å²) in [6.45, 7) is 8.64. The standard InChI is InChI=1S/C17H34N2/c1-15(2)19(12-16-8-9-16)14-17(13-18-3)10-6-4-5-7-11-17/h15-16,18H,4-14H2,1-3H3. The Kier molecular flexibility index (Phi) is 5.70. The first-order valence-corrected chi connectivity index (χ1v) is 8.54. The number of hydrogen-bond acceptors (Lipinski definition) is 2. The van der Waals surface area contributed by atoms with Gasteiger partial charge in [-0.15, -0.1) is 0 Å². The van der Waals surface area contributed by atoms with Crippen molar-refractivity contribution in [1.29, 1.82) is 0 Å². The average Bonchev–Trinajstić information content (AvgIpc) is 3.17. The Labute approximate surface area is 120 Å². The predicted octanol–water partition coefficient (Wildman–Crippen LogP) is 3.67. The maximum Gasteiger partial charge on any atom is 0.00530 e. The first-order chi connectivity index (χ1) is 9.15. The predicted molar refractivity (Wildman–Crippen MR) is 83.5 cm³/mol. The molecule has 2 nitrogen and oxygen atoms in total. The zero-order chi connectivity index (χ0) is 13.7. The van der Waals surface area contributed by atoms with Crippen molar-refractivity contribution in [3.05, 3.63) is 0 Å². The van der Waals surface area contributed by atoms with Crippen molar-refractivity contribution in [3.8, 4) is 0 Å². The largest absolute Gasteiger partial charge is 0.319 e. The summed E-state index contributed by atoms with van der Waals surface area (Å²) in [6, 6.07) is 0.706. The Bertz CT molecular complexity index is 250. The first kappa shape index (κ1) is 15.3. The average molecular weight is 266 g/mol. The van der Waals surface area contributed by atoms with Gasteiger partial charge in [-0.2, -0.15) is 0 Å². The van der Waals surface area contributed by atoms with Crippen LogP contribution in [-0.2, 0) is 0 Å². The minimum absolute atomic E-state index is 0.546. The van der Waals surface area contributed by atoms with E-state index in [9.17, 15) is 0 Å². The van der Waals surface area contributed by atoms with E-state index < -0.39 is 0 Å². The van der Waals surface area contributed by atoms with E-state index in [1.807, 2.05) is 0 Å². The highest BCUT2D eigenvalue weighted by Crippen LogP contribution is 2.37. The lowest BCUT2D eigenvalue weighted by Gasteiger charge is -2.40. The van der Waals surface area contributed by atoms with Gasteiger partial charge in [-0.25, -0.2) is 0 Å². The van der Waals surface area contributed by atoms with Gasteiger partial charge in [0.1, 0.15) is 0 Å². The normalized spacial score (nSPS) is 23.8. The van der Waals surface area contributed by atoms with Crippen LogP contribution in [0.1, 0.15) is 65.2 Å². The van der Waals surface area contributed by atoms with Gasteiger partial charge in [-0.1, -0.05) is 25.7 Å². The fraction of sp³-hybridized carbons (Fsp3) is 1.00. The quantitative estimate of drug-likeness (QED) is 0.707. The highest BCUT2D eigenvalue weighted by atomic mass is 15.2. The fourth-order valence-electron chi connectivity index (χ4n) is 3.77. The molecule has 0 aliphatic heterocycles. The van der Waals surface area contributed by atoms with E-state index in [1.54, 1.807) is 0 Å². The molecule has 0 unspecified atom stereocenters. The minimum Gasteiger partial charge on any atom is -0.319 e. The molecule has 0 amide bonds. The zero-order valence-electron chi connectivity index (χ0n) is 13.4. The van der Waals surface area contributed by atoms with Gasteiger partial charge in [0.25, 0.3) is 0 Å². The monoisotopic (exact) mass is 266 g/mol. The van der Waals surface area contributed by atoms with Crippen molar-refractivity contribution in [2.24, 2.45) is 11.3 Å². The first-order valence-electron chi connectivity index (χ1n) is 8.54. The molecule has 0 aromatic rings. The third-order valence-electron chi connectivity index (χ3n) is 5.17. The molecule has 0 aromatic carbocycles. The summed E-state index contributed by atoms with van der Waals surface area (Å²) in [5.41, 5.74) is 0.546. The second kappa shape index (κ2) is 7.08. The van der Waals surface area contributed by atoms with Gasteiger partial charge in [-0.05, 0) is 57.9 Å². The topological polar surface area (TPSA) is 15.3 Å². The maximum absolute atomic E-state index is 3.49. The molecule has 19 heavy (non-hydrogen) atoms. The van der Waals surface area contributed by atoms with Crippen molar-refractivity contribution in [1.82, 2.24) is 10.2 Å². The van der Waals surface area contributed by atoms with Gasteiger partial charge < -0.3 is 10.2 Å². The third kappa shape index (κ3) is 4.75. The molecule has 2 rings (SSSR count). The summed E-state index contributed by atoms with van der Waals surface area (Å²) >= 11 is 0. The molecule has 2 aliphatic carbocycles. The number of nitrogens with one attached hydrogen (secondary N) is 1. The smallest absolute Gasteiger partial charge is 0.00530 e.